The van der Waals surface area contributed by atoms with Crippen LogP contribution in [0.25, 0.3) is 10.9 Å². The third-order valence-electron chi connectivity index (χ3n) is 5.89. The Hall–Kier alpha value is -3.72. The number of rotatable bonds is 6. The summed E-state index contributed by atoms with van der Waals surface area (Å²) in [4.78, 5) is 21.3. The van der Waals surface area contributed by atoms with Crippen molar-refractivity contribution in [1.29, 1.82) is 0 Å². The summed E-state index contributed by atoms with van der Waals surface area (Å²) in [7, 11) is 3.78. The van der Waals surface area contributed by atoms with E-state index in [4.69, 9.17) is 4.74 Å². The number of hydrogen-bond acceptors (Lipinski definition) is 6. The molecule has 32 heavy (non-hydrogen) atoms. The van der Waals surface area contributed by atoms with E-state index in [9.17, 15) is 4.79 Å². The van der Waals surface area contributed by atoms with Crippen LogP contribution in [0.4, 0.5) is 10.6 Å². The van der Waals surface area contributed by atoms with E-state index in [-0.39, 0.29) is 11.4 Å². The third-order valence-corrected chi connectivity index (χ3v) is 5.89. The zero-order valence-electron chi connectivity index (χ0n) is 18.3. The first kappa shape index (κ1) is 20.2. The molecule has 2 N–H and O–H groups in total. The molecule has 1 aliphatic carbocycles. The number of amides is 1. The van der Waals surface area contributed by atoms with Crippen LogP contribution in [0, 0.1) is 0 Å². The maximum Gasteiger partial charge on any atom is 0.331 e. The molecule has 1 saturated carbocycles. The van der Waals surface area contributed by atoms with E-state index in [0.29, 0.717) is 24.0 Å². The molecule has 1 aliphatic rings. The van der Waals surface area contributed by atoms with Gasteiger partial charge in [-0.3, -0.25) is 14.6 Å². The Morgan fingerprint density at radius 1 is 1.19 bits per heavy atom. The number of aromatic nitrogens is 5. The quantitative estimate of drug-likeness (QED) is 0.482. The molecule has 3 heterocycles. The van der Waals surface area contributed by atoms with Gasteiger partial charge < -0.3 is 10.1 Å². The van der Waals surface area contributed by atoms with Crippen molar-refractivity contribution in [2.24, 2.45) is 7.05 Å². The highest BCUT2D eigenvalue weighted by atomic mass is 16.5. The minimum atomic E-state index is -0.258. The fraction of sp³-hybridized carbons (Fsp3) is 0.304. The zero-order chi connectivity index (χ0) is 22.3. The molecule has 0 saturated heterocycles. The van der Waals surface area contributed by atoms with Crippen LogP contribution in [0.15, 0.2) is 48.9 Å². The van der Waals surface area contributed by atoms with Gasteiger partial charge in [0, 0.05) is 48.4 Å². The summed E-state index contributed by atoms with van der Waals surface area (Å²) in [6, 6.07) is 10.9. The number of carbonyl (C=O) groups excluding carboxylic acids is 1. The van der Waals surface area contributed by atoms with E-state index in [0.717, 1.165) is 35.1 Å². The van der Waals surface area contributed by atoms with Crippen molar-refractivity contribution in [3.8, 4) is 11.6 Å². The SMILES string of the molecule is CNCc1cc(Oc2ccc3c(ccn3C(=O)Nc3cc(C4(C)CC4)n(C)n3)c2)ncn1. The fourth-order valence-electron chi connectivity index (χ4n) is 3.90. The first-order chi connectivity index (χ1) is 15.4. The average Bonchev–Trinajstić information content (AvgIpc) is 3.19. The van der Waals surface area contributed by atoms with Crippen LogP contribution in [0.3, 0.4) is 0 Å². The Morgan fingerprint density at radius 3 is 2.81 bits per heavy atom. The maximum atomic E-state index is 12.9. The van der Waals surface area contributed by atoms with Crippen LogP contribution in [-0.2, 0) is 19.0 Å². The zero-order valence-corrected chi connectivity index (χ0v) is 18.3. The number of anilines is 1. The molecule has 9 heteroatoms. The van der Waals surface area contributed by atoms with Crippen molar-refractivity contribution in [1.82, 2.24) is 29.6 Å². The largest absolute Gasteiger partial charge is 0.439 e. The van der Waals surface area contributed by atoms with Gasteiger partial charge in [0.25, 0.3) is 0 Å². The second kappa shape index (κ2) is 7.76. The molecule has 5 rings (SSSR count). The second-order valence-corrected chi connectivity index (χ2v) is 8.42. The Bertz CT molecular complexity index is 1300. The summed E-state index contributed by atoms with van der Waals surface area (Å²) >= 11 is 0. The highest BCUT2D eigenvalue weighted by Gasteiger charge is 2.41. The number of benzene rings is 1. The number of ether oxygens (including phenoxy) is 1. The first-order valence-electron chi connectivity index (χ1n) is 10.6. The van der Waals surface area contributed by atoms with Gasteiger partial charge >= 0.3 is 6.03 Å². The monoisotopic (exact) mass is 431 g/mol. The molecule has 4 aromatic rings. The van der Waals surface area contributed by atoms with Gasteiger partial charge in [-0.25, -0.2) is 14.8 Å². The smallest absolute Gasteiger partial charge is 0.331 e. The van der Waals surface area contributed by atoms with Crippen LogP contribution in [-0.4, -0.2) is 37.4 Å². The molecule has 0 unspecified atom stereocenters. The maximum absolute atomic E-state index is 12.9. The first-order valence-corrected chi connectivity index (χ1v) is 10.6. The lowest BCUT2D eigenvalue weighted by atomic mass is 10.1. The van der Waals surface area contributed by atoms with E-state index >= 15 is 0 Å². The average molecular weight is 432 g/mol. The molecule has 1 aromatic carbocycles. The van der Waals surface area contributed by atoms with Gasteiger partial charge in [0.1, 0.15) is 12.1 Å². The molecule has 1 amide bonds. The molecule has 3 aromatic heterocycles. The lowest BCUT2D eigenvalue weighted by Crippen LogP contribution is -2.18. The molecular formula is C23H25N7O2. The molecule has 9 nitrogen and oxygen atoms in total. The molecule has 0 spiro atoms. The Morgan fingerprint density at radius 2 is 2.03 bits per heavy atom. The van der Waals surface area contributed by atoms with Crippen LogP contribution < -0.4 is 15.4 Å². The molecule has 0 bridgehead atoms. The van der Waals surface area contributed by atoms with Gasteiger partial charge in [-0.2, -0.15) is 5.10 Å². The Kier molecular flexibility index (Phi) is 4.90. The highest BCUT2D eigenvalue weighted by molar-refractivity contribution is 5.98. The van der Waals surface area contributed by atoms with Crippen LogP contribution in [0.1, 0.15) is 31.2 Å². The topological polar surface area (TPSA) is 98.9 Å². The molecule has 0 atom stereocenters. The second-order valence-electron chi connectivity index (χ2n) is 8.42. The molecule has 1 fully saturated rings. The van der Waals surface area contributed by atoms with Crippen molar-refractivity contribution >= 4 is 22.8 Å². The third kappa shape index (κ3) is 3.82. The number of aryl methyl sites for hydroxylation is 1. The number of fused-ring (bicyclic) bond motifs is 1. The molecular weight excluding hydrogens is 406 g/mol. The minimum Gasteiger partial charge on any atom is -0.439 e. The number of hydrogen-bond donors (Lipinski definition) is 2. The fourth-order valence-corrected chi connectivity index (χ4v) is 3.90. The van der Waals surface area contributed by atoms with Gasteiger partial charge in [-0.15, -0.1) is 0 Å². The van der Waals surface area contributed by atoms with E-state index in [1.165, 1.54) is 6.33 Å². The summed E-state index contributed by atoms with van der Waals surface area (Å²) < 4.78 is 9.32. The summed E-state index contributed by atoms with van der Waals surface area (Å²) in [5.41, 5.74) is 2.95. The number of nitrogens with zero attached hydrogens (tertiary/aromatic N) is 5. The number of nitrogens with one attached hydrogen (secondary N) is 2. The minimum absolute atomic E-state index is 0.179. The lowest BCUT2D eigenvalue weighted by molar-refractivity contribution is 0.254. The van der Waals surface area contributed by atoms with Gasteiger partial charge in [-0.05, 0) is 44.2 Å². The summed E-state index contributed by atoms with van der Waals surface area (Å²) in [6.07, 6.45) is 5.52. The van der Waals surface area contributed by atoms with E-state index in [1.54, 1.807) is 16.8 Å². The Balaban J connectivity index is 1.33. The summed E-state index contributed by atoms with van der Waals surface area (Å²) in [5, 5.41) is 11.3. The number of carbonyl (C=O) groups is 1. The van der Waals surface area contributed by atoms with Gasteiger partial charge in [0.05, 0.1) is 11.2 Å². The van der Waals surface area contributed by atoms with Crippen LogP contribution in [0.5, 0.6) is 11.6 Å². The van der Waals surface area contributed by atoms with Crippen molar-refractivity contribution in [2.45, 2.75) is 31.7 Å². The van der Waals surface area contributed by atoms with Crippen LogP contribution in [0.2, 0.25) is 0 Å². The molecule has 164 valence electrons. The van der Waals surface area contributed by atoms with Crippen molar-refractivity contribution in [2.75, 3.05) is 12.4 Å². The van der Waals surface area contributed by atoms with Crippen molar-refractivity contribution < 1.29 is 9.53 Å². The molecule has 0 aliphatic heterocycles. The molecule has 0 radical (unpaired) electrons. The predicted molar refractivity (Wildman–Crippen MR) is 121 cm³/mol. The lowest BCUT2D eigenvalue weighted by Gasteiger charge is -2.08. The van der Waals surface area contributed by atoms with Crippen molar-refractivity contribution in [3.63, 3.8) is 0 Å². The van der Waals surface area contributed by atoms with E-state index < -0.39 is 0 Å². The summed E-state index contributed by atoms with van der Waals surface area (Å²) in [6.45, 7) is 2.85. The van der Waals surface area contributed by atoms with Gasteiger partial charge in [0.15, 0.2) is 5.82 Å². The predicted octanol–water partition coefficient (Wildman–Crippen LogP) is 3.81. The van der Waals surface area contributed by atoms with Crippen molar-refractivity contribution in [3.05, 3.63) is 60.3 Å². The van der Waals surface area contributed by atoms with Gasteiger partial charge in [0.2, 0.25) is 5.88 Å². The van der Waals surface area contributed by atoms with E-state index in [1.807, 2.05) is 49.1 Å². The normalized spacial score (nSPS) is 14.5. The van der Waals surface area contributed by atoms with E-state index in [2.05, 4.69) is 32.6 Å². The highest BCUT2D eigenvalue weighted by Crippen LogP contribution is 2.47. The van der Waals surface area contributed by atoms with Crippen LogP contribution >= 0.6 is 0 Å². The summed E-state index contributed by atoms with van der Waals surface area (Å²) in [5.74, 6) is 1.66. The Labute approximate surface area is 185 Å². The standard InChI is InChI=1S/C23H25N7O2/c1-23(7-8-23)19-12-20(28-29(19)3)27-22(31)30-9-6-15-10-17(4-5-18(15)30)32-21-11-16(13-24-2)25-14-26-21/h4-6,9-12,14,24H,7-8,13H2,1-3H3,(H,27,28,31). The van der Waals surface area contributed by atoms with Gasteiger partial charge in [-0.1, -0.05) is 6.92 Å².